The molecule has 0 aliphatic heterocycles. The van der Waals surface area contributed by atoms with Gasteiger partial charge >= 0.3 is 0 Å². The van der Waals surface area contributed by atoms with Gasteiger partial charge in [0, 0.05) is 21.9 Å². The van der Waals surface area contributed by atoms with Crippen LogP contribution in [0.1, 0.15) is 25.1 Å². The van der Waals surface area contributed by atoms with Crippen LogP contribution in [0.3, 0.4) is 0 Å². The fraction of sp³-hybridized carbons (Fsp3) is 0.278. The standard InChI is InChI=1S/C18H19BrN2/c1-12(2)10-14-4-6-15(7-5-14)17-11-21-13(3)16(19)8-9-18(21)20-17/h4-9,11-12H,10H2,1-3H3. The lowest BCUT2D eigenvalue weighted by molar-refractivity contribution is 0.647. The van der Waals surface area contributed by atoms with Gasteiger partial charge < -0.3 is 4.40 Å². The van der Waals surface area contributed by atoms with E-state index in [2.05, 4.69) is 71.6 Å². The number of hydrogen-bond acceptors (Lipinski definition) is 1. The Hall–Kier alpha value is -1.61. The van der Waals surface area contributed by atoms with Gasteiger partial charge in [0.15, 0.2) is 0 Å². The molecule has 0 spiro atoms. The Bertz CT molecular complexity index is 770. The molecule has 0 atom stereocenters. The summed E-state index contributed by atoms with van der Waals surface area (Å²) in [5.41, 5.74) is 5.73. The summed E-state index contributed by atoms with van der Waals surface area (Å²) >= 11 is 3.57. The van der Waals surface area contributed by atoms with Crippen molar-refractivity contribution in [1.29, 1.82) is 0 Å². The number of benzene rings is 1. The number of halogens is 1. The fourth-order valence-electron chi connectivity index (χ4n) is 2.59. The molecule has 0 aliphatic rings. The van der Waals surface area contributed by atoms with Crippen molar-refractivity contribution in [2.45, 2.75) is 27.2 Å². The molecule has 0 N–H and O–H groups in total. The summed E-state index contributed by atoms with van der Waals surface area (Å²) in [5.74, 6) is 0.686. The molecule has 2 heterocycles. The Morgan fingerprint density at radius 1 is 1.10 bits per heavy atom. The van der Waals surface area contributed by atoms with Crippen molar-refractivity contribution in [1.82, 2.24) is 9.38 Å². The molecule has 3 rings (SSSR count). The third-order valence-corrected chi connectivity index (χ3v) is 4.55. The number of aromatic nitrogens is 2. The van der Waals surface area contributed by atoms with Crippen LogP contribution in [0.4, 0.5) is 0 Å². The normalized spacial score (nSPS) is 11.5. The van der Waals surface area contributed by atoms with Crippen LogP contribution >= 0.6 is 15.9 Å². The summed E-state index contributed by atoms with van der Waals surface area (Å²) in [7, 11) is 0. The maximum absolute atomic E-state index is 4.72. The lowest BCUT2D eigenvalue weighted by Gasteiger charge is -2.05. The Morgan fingerprint density at radius 2 is 1.81 bits per heavy atom. The van der Waals surface area contributed by atoms with Crippen molar-refractivity contribution in [2.75, 3.05) is 0 Å². The maximum Gasteiger partial charge on any atom is 0.137 e. The van der Waals surface area contributed by atoms with Gasteiger partial charge in [-0.1, -0.05) is 38.1 Å². The van der Waals surface area contributed by atoms with Crippen molar-refractivity contribution in [3.8, 4) is 11.3 Å². The van der Waals surface area contributed by atoms with Crippen LogP contribution in [-0.2, 0) is 6.42 Å². The minimum Gasteiger partial charge on any atom is -0.303 e. The van der Waals surface area contributed by atoms with Gasteiger partial charge in [-0.05, 0) is 52.9 Å². The predicted octanol–water partition coefficient (Wildman–Crippen LogP) is 5.27. The number of hydrogen-bond donors (Lipinski definition) is 0. The van der Waals surface area contributed by atoms with Crippen LogP contribution in [0.25, 0.3) is 16.9 Å². The van der Waals surface area contributed by atoms with Gasteiger partial charge in [-0.15, -0.1) is 0 Å². The molecule has 3 aromatic rings. The second-order valence-corrected chi connectivity index (χ2v) is 6.77. The van der Waals surface area contributed by atoms with Crippen molar-refractivity contribution in [3.05, 3.63) is 58.3 Å². The Kier molecular flexibility index (Phi) is 3.85. The highest BCUT2D eigenvalue weighted by Gasteiger charge is 2.08. The number of aryl methyl sites for hydroxylation is 1. The van der Waals surface area contributed by atoms with E-state index in [1.54, 1.807) is 0 Å². The van der Waals surface area contributed by atoms with Gasteiger partial charge in [0.2, 0.25) is 0 Å². The summed E-state index contributed by atoms with van der Waals surface area (Å²) in [6.07, 6.45) is 3.23. The van der Waals surface area contributed by atoms with Crippen molar-refractivity contribution >= 4 is 21.6 Å². The highest BCUT2D eigenvalue weighted by molar-refractivity contribution is 9.10. The molecule has 1 aromatic carbocycles. The van der Waals surface area contributed by atoms with Gasteiger partial charge in [0.1, 0.15) is 5.65 Å². The van der Waals surface area contributed by atoms with E-state index < -0.39 is 0 Å². The average Bonchev–Trinajstić information content (AvgIpc) is 2.88. The van der Waals surface area contributed by atoms with E-state index in [1.165, 1.54) is 16.8 Å². The molecule has 0 bridgehead atoms. The van der Waals surface area contributed by atoms with E-state index in [9.17, 15) is 0 Å². The van der Waals surface area contributed by atoms with Crippen LogP contribution in [-0.4, -0.2) is 9.38 Å². The van der Waals surface area contributed by atoms with Gasteiger partial charge in [-0.25, -0.2) is 4.98 Å². The summed E-state index contributed by atoms with van der Waals surface area (Å²) < 4.78 is 3.23. The molecule has 0 amide bonds. The third kappa shape index (κ3) is 2.88. The van der Waals surface area contributed by atoms with Crippen LogP contribution < -0.4 is 0 Å². The van der Waals surface area contributed by atoms with Gasteiger partial charge in [0.05, 0.1) is 5.69 Å². The van der Waals surface area contributed by atoms with Gasteiger partial charge in [-0.3, -0.25) is 0 Å². The van der Waals surface area contributed by atoms with Gasteiger partial charge in [-0.2, -0.15) is 0 Å². The summed E-state index contributed by atoms with van der Waals surface area (Å²) in [5, 5.41) is 0. The zero-order valence-electron chi connectivity index (χ0n) is 12.6. The fourth-order valence-corrected chi connectivity index (χ4v) is 2.91. The highest BCUT2D eigenvalue weighted by atomic mass is 79.9. The third-order valence-electron chi connectivity index (χ3n) is 3.71. The highest BCUT2D eigenvalue weighted by Crippen LogP contribution is 2.24. The molecule has 0 fully saturated rings. The van der Waals surface area contributed by atoms with E-state index in [-0.39, 0.29) is 0 Å². The molecule has 108 valence electrons. The number of imidazole rings is 1. The molecule has 2 aromatic heterocycles. The summed E-state index contributed by atoms with van der Waals surface area (Å²) in [4.78, 5) is 4.72. The second-order valence-electron chi connectivity index (χ2n) is 5.92. The number of pyridine rings is 1. The lowest BCUT2D eigenvalue weighted by atomic mass is 10.0. The van der Waals surface area contributed by atoms with E-state index in [1.807, 2.05) is 12.1 Å². The molecular weight excluding hydrogens is 324 g/mol. The van der Waals surface area contributed by atoms with Crippen molar-refractivity contribution in [3.63, 3.8) is 0 Å². The summed E-state index contributed by atoms with van der Waals surface area (Å²) in [6, 6.07) is 12.8. The smallest absolute Gasteiger partial charge is 0.137 e. The van der Waals surface area contributed by atoms with E-state index in [0.29, 0.717) is 5.92 Å². The zero-order chi connectivity index (χ0) is 15.0. The molecule has 0 unspecified atom stereocenters. The first kappa shape index (κ1) is 14.3. The topological polar surface area (TPSA) is 17.3 Å². The van der Waals surface area contributed by atoms with Crippen LogP contribution in [0.2, 0.25) is 0 Å². The van der Waals surface area contributed by atoms with E-state index >= 15 is 0 Å². The van der Waals surface area contributed by atoms with Crippen LogP contribution in [0.15, 0.2) is 47.1 Å². The SMILES string of the molecule is Cc1c(Br)ccc2nc(-c3ccc(CC(C)C)cc3)cn12. The lowest BCUT2D eigenvalue weighted by Crippen LogP contribution is -1.93. The molecule has 2 nitrogen and oxygen atoms in total. The second kappa shape index (κ2) is 5.64. The van der Waals surface area contributed by atoms with E-state index in [0.717, 1.165) is 22.2 Å². The molecule has 0 saturated heterocycles. The largest absolute Gasteiger partial charge is 0.303 e. The van der Waals surface area contributed by atoms with Crippen LogP contribution in [0, 0.1) is 12.8 Å². The Labute approximate surface area is 134 Å². The first-order valence-corrected chi connectivity index (χ1v) is 8.07. The monoisotopic (exact) mass is 342 g/mol. The first-order valence-electron chi connectivity index (χ1n) is 7.28. The predicted molar refractivity (Wildman–Crippen MR) is 91.6 cm³/mol. The maximum atomic E-state index is 4.72. The molecule has 3 heteroatoms. The minimum absolute atomic E-state index is 0.686. The summed E-state index contributed by atoms with van der Waals surface area (Å²) in [6.45, 7) is 6.58. The molecule has 21 heavy (non-hydrogen) atoms. The Morgan fingerprint density at radius 3 is 2.48 bits per heavy atom. The van der Waals surface area contributed by atoms with E-state index in [4.69, 9.17) is 4.98 Å². The molecule has 0 saturated carbocycles. The minimum atomic E-state index is 0.686. The number of fused-ring (bicyclic) bond motifs is 1. The number of nitrogens with zero attached hydrogens (tertiary/aromatic N) is 2. The molecule has 0 radical (unpaired) electrons. The average molecular weight is 343 g/mol. The number of rotatable bonds is 3. The molecule has 0 aliphatic carbocycles. The molecular formula is C18H19BrN2. The Balaban J connectivity index is 1.98. The van der Waals surface area contributed by atoms with Crippen molar-refractivity contribution in [2.24, 2.45) is 5.92 Å². The zero-order valence-corrected chi connectivity index (χ0v) is 14.2. The van der Waals surface area contributed by atoms with Crippen LogP contribution in [0.5, 0.6) is 0 Å². The van der Waals surface area contributed by atoms with Crippen molar-refractivity contribution < 1.29 is 0 Å². The first-order chi connectivity index (χ1) is 10.0. The van der Waals surface area contributed by atoms with Gasteiger partial charge in [0.25, 0.3) is 0 Å². The quantitative estimate of drug-likeness (QED) is 0.633.